The molecule has 1 N–H and O–H groups in total. The minimum atomic E-state index is -0.188. The summed E-state index contributed by atoms with van der Waals surface area (Å²) in [6.45, 7) is 4.50. The molecule has 10 heteroatoms. The lowest BCUT2D eigenvalue weighted by Crippen LogP contribution is -2.42. The van der Waals surface area contributed by atoms with Crippen molar-refractivity contribution < 1.29 is 19.1 Å². The van der Waals surface area contributed by atoms with Crippen LogP contribution >= 0.6 is 0 Å². The lowest BCUT2D eigenvalue weighted by Gasteiger charge is -2.36. The zero-order valence-corrected chi connectivity index (χ0v) is 21.7. The molecule has 38 heavy (non-hydrogen) atoms. The van der Waals surface area contributed by atoms with Gasteiger partial charge in [-0.2, -0.15) is 0 Å². The van der Waals surface area contributed by atoms with Crippen molar-refractivity contribution in [2.24, 2.45) is 5.92 Å². The van der Waals surface area contributed by atoms with Crippen LogP contribution in [0, 0.1) is 5.92 Å². The van der Waals surface area contributed by atoms with Crippen LogP contribution in [-0.4, -0.2) is 65.2 Å². The van der Waals surface area contributed by atoms with Crippen molar-refractivity contribution in [3.63, 3.8) is 0 Å². The molecule has 0 radical (unpaired) electrons. The Morgan fingerprint density at radius 2 is 1.95 bits per heavy atom. The van der Waals surface area contributed by atoms with E-state index in [-0.39, 0.29) is 17.9 Å². The lowest BCUT2D eigenvalue weighted by molar-refractivity contribution is -0.148. The molecule has 1 saturated heterocycles. The fraction of sp³-hybridized carbons (Fsp3) is 0.393. The number of nitrogens with zero attached hydrogens (tertiary/aromatic N) is 5. The molecule has 0 unspecified atom stereocenters. The Labute approximate surface area is 222 Å². The molecule has 5 rings (SSSR count). The number of aromatic nitrogens is 3. The van der Waals surface area contributed by atoms with Gasteiger partial charge in [0.1, 0.15) is 11.6 Å². The quantitative estimate of drug-likeness (QED) is 0.491. The van der Waals surface area contributed by atoms with Crippen molar-refractivity contribution in [1.29, 1.82) is 0 Å². The molecule has 0 spiro atoms. The highest BCUT2D eigenvalue weighted by Crippen LogP contribution is 2.32. The number of methoxy groups -OCH3 is 1. The summed E-state index contributed by atoms with van der Waals surface area (Å²) >= 11 is 0. The van der Waals surface area contributed by atoms with E-state index in [1.165, 1.54) is 0 Å². The highest BCUT2D eigenvalue weighted by atomic mass is 16.5. The Morgan fingerprint density at radius 1 is 1.11 bits per heavy atom. The van der Waals surface area contributed by atoms with Gasteiger partial charge < -0.3 is 24.6 Å². The summed E-state index contributed by atoms with van der Waals surface area (Å²) in [5.74, 6) is 1.88. The molecule has 198 valence electrons. The van der Waals surface area contributed by atoms with E-state index in [1.54, 1.807) is 30.5 Å². The van der Waals surface area contributed by atoms with Crippen molar-refractivity contribution in [2.75, 3.05) is 43.6 Å². The van der Waals surface area contributed by atoms with Crippen LogP contribution in [0.3, 0.4) is 0 Å². The smallest absolute Gasteiger partial charge is 0.322 e. The molecular weight excluding hydrogens is 484 g/mol. The van der Waals surface area contributed by atoms with E-state index >= 15 is 0 Å². The second-order valence-corrected chi connectivity index (χ2v) is 9.38. The number of anilines is 2. The highest BCUT2D eigenvalue weighted by molar-refractivity contribution is 5.89. The number of pyridine rings is 1. The van der Waals surface area contributed by atoms with Gasteiger partial charge in [-0.25, -0.2) is 14.8 Å². The number of nitrogens with one attached hydrogen (secondary N) is 1. The summed E-state index contributed by atoms with van der Waals surface area (Å²) in [7, 11) is 1.60. The minimum absolute atomic E-state index is 0.105. The van der Waals surface area contributed by atoms with Gasteiger partial charge in [-0.1, -0.05) is 6.07 Å². The van der Waals surface area contributed by atoms with Gasteiger partial charge in [0.25, 0.3) is 0 Å². The first kappa shape index (κ1) is 25.4. The number of piperidine rings is 1. The van der Waals surface area contributed by atoms with E-state index < -0.39 is 0 Å². The van der Waals surface area contributed by atoms with Gasteiger partial charge in [-0.3, -0.25) is 9.78 Å². The minimum Gasteiger partial charge on any atom is -0.497 e. The Hall–Kier alpha value is -4.21. The Morgan fingerprint density at radius 3 is 2.68 bits per heavy atom. The molecule has 1 aromatic carbocycles. The third-order valence-electron chi connectivity index (χ3n) is 6.98. The largest absolute Gasteiger partial charge is 0.497 e. The molecule has 0 bridgehead atoms. The van der Waals surface area contributed by atoms with Crippen molar-refractivity contribution in [3.8, 4) is 17.1 Å². The second-order valence-electron chi connectivity index (χ2n) is 9.38. The van der Waals surface area contributed by atoms with Gasteiger partial charge >= 0.3 is 12.0 Å². The standard InChI is InChI=1S/C28H32N6O4/c1-3-38-27(35)19-9-13-33(14-10-19)26-23-18-34(28(36)30-21-7-4-8-22(16-21)37-2)15-11-24(23)31-25(32-26)20-6-5-12-29-17-20/h4-8,12,16-17,19H,3,9-11,13-15,18H2,1-2H3,(H,30,36). The molecule has 10 nitrogen and oxygen atoms in total. The van der Waals surface area contributed by atoms with E-state index in [1.807, 2.05) is 37.3 Å². The fourth-order valence-corrected chi connectivity index (χ4v) is 4.95. The molecule has 0 aliphatic carbocycles. The van der Waals surface area contributed by atoms with E-state index in [4.69, 9.17) is 19.4 Å². The molecule has 0 saturated carbocycles. The highest BCUT2D eigenvalue weighted by Gasteiger charge is 2.32. The first-order valence-corrected chi connectivity index (χ1v) is 13.0. The van der Waals surface area contributed by atoms with Crippen LogP contribution in [0.5, 0.6) is 5.75 Å². The van der Waals surface area contributed by atoms with Crippen molar-refractivity contribution in [3.05, 3.63) is 60.0 Å². The topological polar surface area (TPSA) is 110 Å². The molecule has 2 aliphatic rings. The number of esters is 1. The van der Waals surface area contributed by atoms with Gasteiger partial charge in [0.15, 0.2) is 5.82 Å². The number of urea groups is 1. The lowest BCUT2D eigenvalue weighted by atomic mass is 9.96. The summed E-state index contributed by atoms with van der Waals surface area (Å²) in [5, 5.41) is 2.98. The third-order valence-corrected chi connectivity index (χ3v) is 6.98. The van der Waals surface area contributed by atoms with Crippen molar-refractivity contribution in [2.45, 2.75) is 32.7 Å². The van der Waals surface area contributed by atoms with Crippen LogP contribution in [0.2, 0.25) is 0 Å². The number of rotatable bonds is 6. The molecule has 0 atom stereocenters. The second kappa shape index (κ2) is 11.5. The van der Waals surface area contributed by atoms with Crippen LogP contribution in [-0.2, 0) is 22.5 Å². The van der Waals surface area contributed by atoms with Crippen LogP contribution in [0.15, 0.2) is 48.8 Å². The van der Waals surface area contributed by atoms with Crippen LogP contribution in [0.1, 0.15) is 31.0 Å². The van der Waals surface area contributed by atoms with Gasteiger partial charge in [0.05, 0.1) is 31.9 Å². The van der Waals surface area contributed by atoms with Crippen LogP contribution < -0.4 is 15.0 Å². The maximum Gasteiger partial charge on any atom is 0.322 e. The average molecular weight is 517 g/mol. The zero-order chi connectivity index (χ0) is 26.5. The van der Waals surface area contributed by atoms with E-state index in [2.05, 4.69) is 15.2 Å². The Balaban J connectivity index is 1.40. The average Bonchev–Trinajstić information content (AvgIpc) is 2.97. The molecule has 3 aromatic rings. The Kier molecular flexibility index (Phi) is 7.67. The predicted octanol–water partition coefficient (Wildman–Crippen LogP) is 3.92. The SMILES string of the molecule is CCOC(=O)C1CCN(c2nc(-c3cccnc3)nc3c2CN(C(=O)Nc2cccc(OC)c2)CC3)CC1. The summed E-state index contributed by atoms with van der Waals surface area (Å²) in [6, 6.07) is 10.9. The number of ether oxygens (including phenoxy) is 2. The van der Waals surface area contributed by atoms with Gasteiger partial charge in [-0.05, 0) is 44.0 Å². The zero-order valence-electron chi connectivity index (χ0n) is 21.7. The summed E-state index contributed by atoms with van der Waals surface area (Å²) < 4.78 is 10.5. The fourth-order valence-electron chi connectivity index (χ4n) is 4.95. The number of hydrogen-bond acceptors (Lipinski definition) is 8. The molecule has 2 aliphatic heterocycles. The van der Waals surface area contributed by atoms with Crippen molar-refractivity contribution >= 4 is 23.5 Å². The Bertz CT molecular complexity index is 1290. The van der Waals surface area contributed by atoms with E-state index in [0.29, 0.717) is 69.3 Å². The number of amides is 2. The first-order chi connectivity index (χ1) is 18.6. The van der Waals surface area contributed by atoms with Gasteiger partial charge in [0.2, 0.25) is 0 Å². The van der Waals surface area contributed by atoms with Gasteiger partial charge in [0, 0.05) is 61.3 Å². The van der Waals surface area contributed by atoms with Gasteiger partial charge in [-0.15, -0.1) is 0 Å². The number of carbonyl (C=O) groups is 2. The summed E-state index contributed by atoms with van der Waals surface area (Å²) in [4.78, 5) is 43.6. The summed E-state index contributed by atoms with van der Waals surface area (Å²) in [6.07, 6.45) is 5.49. The molecule has 1 fully saturated rings. The predicted molar refractivity (Wildman–Crippen MR) is 143 cm³/mol. The van der Waals surface area contributed by atoms with Crippen LogP contribution in [0.4, 0.5) is 16.3 Å². The summed E-state index contributed by atoms with van der Waals surface area (Å²) in [5.41, 5.74) is 3.40. The molecular formula is C28H32N6O4. The maximum atomic E-state index is 13.2. The number of fused-ring (bicyclic) bond motifs is 1. The number of carbonyl (C=O) groups excluding carboxylic acids is 2. The third kappa shape index (κ3) is 5.53. The van der Waals surface area contributed by atoms with E-state index in [9.17, 15) is 9.59 Å². The van der Waals surface area contributed by atoms with E-state index in [0.717, 1.165) is 22.6 Å². The molecule has 2 aromatic heterocycles. The maximum absolute atomic E-state index is 13.2. The molecule has 4 heterocycles. The molecule has 2 amide bonds. The normalized spacial score (nSPS) is 15.5. The number of hydrogen-bond donors (Lipinski definition) is 1. The number of benzene rings is 1. The first-order valence-electron chi connectivity index (χ1n) is 13.0. The monoisotopic (exact) mass is 516 g/mol. The van der Waals surface area contributed by atoms with Crippen LogP contribution in [0.25, 0.3) is 11.4 Å². The van der Waals surface area contributed by atoms with Crippen molar-refractivity contribution in [1.82, 2.24) is 19.9 Å².